The number of nitrogens with one attached hydrogen (secondary N) is 2. The van der Waals surface area contributed by atoms with Crippen LogP contribution in [0.4, 0.5) is 14.9 Å². The molecule has 0 bridgehead atoms. The number of rotatable bonds is 7. The Morgan fingerprint density at radius 3 is 2.60 bits per heavy atom. The Balaban J connectivity index is 1.38. The third-order valence-electron chi connectivity index (χ3n) is 5.14. The van der Waals surface area contributed by atoms with Crippen molar-refractivity contribution in [3.8, 4) is 5.75 Å². The van der Waals surface area contributed by atoms with Crippen LogP contribution in [0.5, 0.6) is 5.75 Å². The van der Waals surface area contributed by atoms with Crippen molar-refractivity contribution in [3.63, 3.8) is 0 Å². The van der Waals surface area contributed by atoms with Crippen LogP contribution in [0.3, 0.4) is 0 Å². The van der Waals surface area contributed by atoms with E-state index in [0.717, 1.165) is 16.0 Å². The fourth-order valence-corrected chi connectivity index (χ4v) is 3.98. The number of nitrogens with zero attached hydrogens (tertiary/aromatic N) is 1. The highest BCUT2D eigenvalue weighted by Crippen LogP contribution is 2.27. The number of carbonyl (C=O) groups is 3. The van der Waals surface area contributed by atoms with Gasteiger partial charge in [-0.1, -0.05) is 35.9 Å². The van der Waals surface area contributed by atoms with Gasteiger partial charge in [0.05, 0.1) is 11.0 Å². The van der Waals surface area contributed by atoms with Gasteiger partial charge in [0.2, 0.25) is 0 Å². The van der Waals surface area contributed by atoms with E-state index in [-0.39, 0.29) is 18.8 Å². The van der Waals surface area contributed by atoms with Crippen LogP contribution in [0.25, 0.3) is 6.08 Å². The molecule has 3 aromatic carbocycles. The minimum absolute atomic E-state index is 0.168. The smallest absolute Gasteiger partial charge is 0.329 e. The molecule has 35 heavy (non-hydrogen) atoms. The standard InChI is InChI=1S/C26H21BrFN3O4/c1-16-3-2-4-18(11-16)14-31-25(33)22(30-26(31)34)13-17-5-10-23(21(27)12-17)35-15-24(32)29-20-8-6-19(28)7-9-20/h2-13H,14-15H2,1H3,(H,29,32)(H,30,34)/b22-13+. The van der Waals surface area contributed by atoms with E-state index in [9.17, 15) is 18.8 Å². The van der Waals surface area contributed by atoms with Gasteiger partial charge in [-0.2, -0.15) is 0 Å². The first-order chi connectivity index (χ1) is 16.8. The minimum Gasteiger partial charge on any atom is -0.483 e. The van der Waals surface area contributed by atoms with Crippen LogP contribution in [0.15, 0.2) is 76.9 Å². The molecule has 0 saturated carbocycles. The highest BCUT2D eigenvalue weighted by molar-refractivity contribution is 9.10. The number of anilines is 1. The summed E-state index contributed by atoms with van der Waals surface area (Å²) in [5, 5.41) is 5.23. The number of urea groups is 1. The van der Waals surface area contributed by atoms with E-state index in [4.69, 9.17) is 4.74 Å². The number of benzene rings is 3. The molecule has 3 aromatic rings. The molecule has 4 amide bonds. The molecule has 1 heterocycles. The van der Waals surface area contributed by atoms with E-state index in [0.29, 0.717) is 21.5 Å². The fourth-order valence-electron chi connectivity index (χ4n) is 3.47. The van der Waals surface area contributed by atoms with E-state index in [1.165, 1.54) is 24.3 Å². The first-order valence-electron chi connectivity index (χ1n) is 10.7. The molecule has 0 atom stereocenters. The second-order valence-electron chi connectivity index (χ2n) is 7.90. The lowest BCUT2D eigenvalue weighted by Gasteiger charge is -2.12. The molecule has 1 aliphatic heterocycles. The minimum atomic E-state index is -0.478. The van der Waals surface area contributed by atoms with Crippen LogP contribution in [-0.2, 0) is 16.1 Å². The molecule has 1 aliphatic rings. The van der Waals surface area contributed by atoms with Crippen molar-refractivity contribution in [2.24, 2.45) is 0 Å². The first-order valence-corrected chi connectivity index (χ1v) is 11.5. The largest absolute Gasteiger partial charge is 0.483 e. The molecule has 0 aromatic heterocycles. The quantitative estimate of drug-likeness (QED) is 0.327. The Morgan fingerprint density at radius 1 is 1.11 bits per heavy atom. The van der Waals surface area contributed by atoms with E-state index >= 15 is 0 Å². The number of hydrogen-bond donors (Lipinski definition) is 2. The molecule has 178 valence electrons. The normalized spacial score (nSPS) is 14.3. The molecule has 4 rings (SSSR count). The average molecular weight is 538 g/mol. The van der Waals surface area contributed by atoms with Crippen molar-refractivity contribution in [1.29, 1.82) is 0 Å². The molecule has 1 fully saturated rings. The lowest BCUT2D eigenvalue weighted by atomic mass is 10.1. The highest BCUT2D eigenvalue weighted by Gasteiger charge is 2.33. The summed E-state index contributed by atoms with van der Waals surface area (Å²) in [4.78, 5) is 38.4. The highest BCUT2D eigenvalue weighted by atomic mass is 79.9. The number of ether oxygens (including phenoxy) is 1. The van der Waals surface area contributed by atoms with Crippen LogP contribution in [0.2, 0.25) is 0 Å². The second kappa shape index (κ2) is 10.5. The number of carbonyl (C=O) groups excluding carboxylic acids is 3. The Kier molecular flexibility index (Phi) is 7.26. The topological polar surface area (TPSA) is 87.7 Å². The fraction of sp³-hybridized carbons (Fsp3) is 0.115. The van der Waals surface area contributed by atoms with E-state index in [1.807, 2.05) is 31.2 Å². The van der Waals surface area contributed by atoms with Gasteiger partial charge in [-0.15, -0.1) is 0 Å². The predicted octanol–water partition coefficient (Wildman–Crippen LogP) is 5.01. The van der Waals surface area contributed by atoms with Gasteiger partial charge in [-0.05, 0) is 76.5 Å². The molecule has 7 nitrogen and oxygen atoms in total. The Bertz CT molecular complexity index is 1320. The third kappa shape index (κ3) is 6.13. The first kappa shape index (κ1) is 24.2. The number of aryl methyl sites for hydroxylation is 1. The van der Waals surface area contributed by atoms with Gasteiger partial charge in [0.25, 0.3) is 11.8 Å². The Morgan fingerprint density at radius 2 is 1.89 bits per heavy atom. The van der Waals surface area contributed by atoms with Crippen molar-refractivity contribution >= 4 is 45.5 Å². The summed E-state index contributed by atoms with van der Waals surface area (Å²) >= 11 is 3.40. The molecule has 2 N–H and O–H groups in total. The van der Waals surface area contributed by atoms with Gasteiger partial charge in [-0.25, -0.2) is 9.18 Å². The van der Waals surface area contributed by atoms with Crippen LogP contribution in [0.1, 0.15) is 16.7 Å². The number of imide groups is 1. The average Bonchev–Trinajstić information content (AvgIpc) is 3.07. The molecule has 9 heteroatoms. The Labute approximate surface area is 209 Å². The lowest BCUT2D eigenvalue weighted by Crippen LogP contribution is -2.30. The Hall–Kier alpha value is -3.98. The van der Waals surface area contributed by atoms with Crippen molar-refractivity contribution in [2.45, 2.75) is 13.5 Å². The summed E-state index contributed by atoms with van der Waals surface area (Å²) < 4.78 is 19.1. The molecule has 0 spiro atoms. The second-order valence-corrected chi connectivity index (χ2v) is 8.76. The summed E-state index contributed by atoms with van der Waals surface area (Å²) in [5.74, 6) is -0.784. The zero-order valence-corrected chi connectivity index (χ0v) is 20.3. The van der Waals surface area contributed by atoms with Gasteiger partial charge in [0.15, 0.2) is 6.61 Å². The van der Waals surface area contributed by atoms with Gasteiger partial charge >= 0.3 is 6.03 Å². The van der Waals surface area contributed by atoms with E-state index in [1.54, 1.807) is 24.3 Å². The number of halogens is 2. The van der Waals surface area contributed by atoms with Gasteiger partial charge in [0.1, 0.15) is 17.3 Å². The van der Waals surface area contributed by atoms with Crippen molar-refractivity contribution in [3.05, 3.63) is 99.4 Å². The maximum Gasteiger partial charge on any atom is 0.329 e. The van der Waals surface area contributed by atoms with Crippen molar-refractivity contribution in [1.82, 2.24) is 10.2 Å². The zero-order valence-electron chi connectivity index (χ0n) is 18.7. The van der Waals surface area contributed by atoms with Crippen LogP contribution in [-0.4, -0.2) is 29.4 Å². The van der Waals surface area contributed by atoms with Gasteiger partial charge < -0.3 is 15.4 Å². The molecule has 0 radical (unpaired) electrons. The van der Waals surface area contributed by atoms with Crippen LogP contribution < -0.4 is 15.4 Å². The maximum absolute atomic E-state index is 13.0. The summed E-state index contributed by atoms with van der Waals surface area (Å²) in [6.07, 6.45) is 1.58. The maximum atomic E-state index is 13.0. The summed E-state index contributed by atoms with van der Waals surface area (Å²) in [6.45, 7) is 1.88. The van der Waals surface area contributed by atoms with Crippen LogP contribution in [0, 0.1) is 12.7 Å². The predicted molar refractivity (Wildman–Crippen MR) is 133 cm³/mol. The lowest BCUT2D eigenvalue weighted by molar-refractivity contribution is -0.123. The van der Waals surface area contributed by atoms with Gasteiger partial charge in [-0.3, -0.25) is 14.5 Å². The third-order valence-corrected chi connectivity index (χ3v) is 5.76. The summed E-state index contributed by atoms with van der Waals surface area (Å²) in [7, 11) is 0. The molecule has 1 saturated heterocycles. The molecule has 0 unspecified atom stereocenters. The monoisotopic (exact) mass is 537 g/mol. The molecular weight excluding hydrogens is 517 g/mol. The number of amides is 4. The summed E-state index contributed by atoms with van der Waals surface area (Å²) in [5.41, 5.74) is 3.19. The van der Waals surface area contributed by atoms with Crippen LogP contribution >= 0.6 is 15.9 Å². The SMILES string of the molecule is Cc1cccc(CN2C(=O)N/C(=C/c3ccc(OCC(=O)Nc4ccc(F)cc4)c(Br)c3)C2=O)c1. The van der Waals surface area contributed by atoms with E-state index in [2.05, 4.69) is 26.6 Å². The zero-order chi connectivity index (χ0) is 24.9. The van der Waals surface area contributed by atoms with E-state index < -0.39 is 23.7 Å². The van der Waals surface area contributed by atoms with Crippen molar-refractivity contribution < 1.29 is 23.5 Å². The molecule has 0 aliphatic carbocycles. The molecular formula is C26H21BrFN3O4. The van der Waals surface area contributed by atoms with Gasteiger partial charge in [0, 0.05) is 5.69 Å². The van der Waals surface area contributed by atoms with Crippen molar-refractivity contribution in [2.75, 3.05) is 11.9 Å². The summed E-state index contributed by atoms with van der Waals surface area (Å²) in [6, 6.07) is 17.6. The number of hydrogen-bond acceptors (Lipinski definition) is 4.